The topological polar surface area (TPSA) is 68.3 Å². The number of nitrogens with one attached hydrogen (secondary N) is 1. The molecule has 7 heteroatoms. The number of anilines is 1. The van der Waals surface area contributed by atoms with E-state index in [1.807, 2.05) is 6.92 Å². The molecule has 0 unspecified atom stereocenters. The van der Waals surface area contributed by atoms with E-state index >= 15 is 0 Å². The molecule has 1 N–H and O–H groups in total. The van der Waals surface area contributed by atoms with Gasteiger partial charge < -0.3 is 4.74 Å². The van der Waals surface area contributed by atoms with Crippen molar-refractivity contribution in [3.05, 3.63) is 41.6 Å². The zero-order valence-electron chi connectivity index (χ0n) is 10.6. The monoisotopic (exact) mass is 298 g/mol. The number of sulfonamides is 1. The lowest BCUT2D eigenvalue weighted by atomic mass is 10.2. The zero-order chi connectivity index (χ0) is 13.9. The number of hydrogen-bond acceptors (Lipinski definition) is 5. The average molecular weight is 298 g/mol. The van der Waals surface area contributed by atoms with Crippen LogP contribution in [0.2, 0.25) is 0 Å². The van der Waals surface area contributed by atoms with E-state index in [1.54, 1.807) is 30.3 Å². The summed E-state index contributed by atoms with van der Waals surface area (Å²) in [7, 11) is -2.08. The fourth-order valence-corrected chi connectivity index (χ4v) is 3.80. The minimum atomic E-state index is -3.61. The predicted molar refractivity (Wildman–Crippen MR) is 74.8 cm³/mol. The van der Waals surface area contributed by atoms with Gasteiger partial charge in [0.1, 0.15) is 5.00 Å². The van der Waals surface area contributed by atoms with E-state index in [1.165, 1.54) is 7.11 Å². The largest absolute Gasteiger partial charge is 0.380 e. The van der Waals surface area contributed by atoms with Gasteiger partial charge in [0.25, 0.3) is 10.0 Å². The first-order chi connectivity index (χ1) is 9.03. The first-order valence-corrected chi connectivity index (χ1v) is 7.81. The number of benzene rings is 1. The van der Waals surface area contributed by atoms with E-state index < -0.39 is 10.0 Å². The summed E-state index contributed by atoms with van der Waals surface area (Å²) in [5.41, 5.74) is 1.41. The second-order valence-electron chi connectivity index (χ2n) is 3.98. The molecule has 0 atom stereocenters. The van der Waals surface area contributed by atoms with Crippen LogP contribution in [0.15, 0.2) is 35.2 Å². The summed E-state index contributed by atoms with van der Waals surface area (Å²) < 4.78 is 36.2. The molecule has 2 rings (SSSR count). The summed E-state index contributed by atoms with van der Waals surface area (Å²) >= 11 is 1.12. The Morgan fingerprint density at radius 1 is 1.37 bits per heavy atom. The Labute approximate surface area is 116 Å². The molecule has 0 saturated heterocycles. The molecule has 0 amide bonds. The van der Waals surface area contributed by atoms with Crippen molar-refractivity contribution in [1.29, 1.82) is 0 Å². The molecule has 102 valence electrons. The number of nitrogens with zero attached hydrogens (tertiary/aromatic N) is 1. The van der Waals surface area contributed by atoms with Crippen molar-refractivity contribution in [2.45, 2.75) is 18.4 Å². The second kappa shape index (κ2) is 5.68. The lowest BCUT2D eigenvalue weighted by molar-refractivity contribution is 0.182. The van der Waals surface area contributed by atoms with Crippen LogP contribution in [0.1, 0.15) is 11.3 Å². The first-order valence-electron chi connectivity index (χ1n) is 5.56. The van der Waals surface area contributed by atoms with E-state index in [4.69, 9.17) is 4.74 Å². The summed E-state index contributed by atoms with van der Waals surface area (Å²) in [5.74, 6) is 0. The van der Waals surface area contributed by atoms with Crippen molar-refractivity contribution in [3.8, 4) is 0 Å². The van der Waals surface area contributed by atoms with Crippen molar-refractivity contribution in [3.63, 3.8) is 0 Å². The molecule has 2 aromatic rings. The smallest absolute Gasteiger partial charge is 0.262 e. The van der Waals surface area contributed by atoms with Crippen LogP contribution in [0.4, 0.5) is 5.00 Å². The highest BCUT2D eigenvalue weighted by Crippen LogP contribution is 2.23. The van der Waals surface area contributed by atoms with Gasteiger partial charge in [0.2, 0.25) is 0 Å². The van der Waals surface area contributed by atoms with Crippen LogP contribution in [-0.4, -0.2) is 19.9 Å². The summed E-state index contributed by atoms with van der Waals surface area (Å²) in [4.78, 5) is 0.225. The quantitative estimate of drug-likeness (QED) is 0.920. The third-order valence-corrected chi connectivity index (χ3v) is 4.82. The van der Waals surface area contributed by atoms with Gasteiger partial charge in [-0.2, -0.15) is 4.37 Å². The molecule has 0 fully saturated rings. The summed E-state index contributed by atoms with van der Waals surface area (Å²) in [5, 5.41) is 0.504. The molecule has 0 aliphatic heterocycles. The third kappa shape index (κ3) is 3.31. The van der Waals surface area contributed by atoms with Gasteiger partial charge in [-0.15, -0.1) is 0 Å². The Kier molecular flexibility index (Phi) is 4.18. The number of aromatic nitrogens is 1. The molecule has 1 aromatic heterocycles. The molecule has 5 nitrogen and oxygen atoms in total. The van der Waals surface area contributed by atoms with Gasteiger partial charge in [0.05, 0.1) is 17.2 Å². The maximum atomic E-state index is 12.3. The average Bonchev–Trinajstić information content (AvgIpc) is 2.75. The predicted octanol–water partition coefficient (Wildman–Crippen LogP) is 2.40. The van der Waals surface area contributed by atoms with Gasteiger partial charge >= 0.3 is 0 Å². The van der Waals surface area contributed by atoms with Crippen LogP contribution in [0.5, 0.6) is 0 Å². The van der Waals surface area contributed by atoms with Gasteiger partial charge in [-0.3, -0.25) is 4.72 Å². The number of ether oxygens (including phenoxy) is 1. The fraction of sp³-hybridized carbons (Fsp3) is 0.250. The number of hydrogen-bond donors (Lipinski definition) is 1. The lowest BCUT2D eigenvalue weighted by Gasteiger charge is -2.10. The molecular weight excluding hydrogens is 284 g/mol. The van der Waals surface area contributed by atoms with Gasteiger partial charge in [0.15, 0.2) is 0 Å². The third-order valence-electron chi connectivity index (χ3n) is 2.42. The molecule has 0 radical (unpaired) electrons. The molecule has 1 heterocycles. The first kappa shape index (κ1) is 14.0. The normalized spacial score (nSPS) is 11.5. The van der Waals surface area contributed by atoms with Gasteiger partial charge in [-0.1, -0.05) is 18.2 Å². The van der Waals surface area contributed by atoms with Crippen LogP contribution in [-0.2, 0) is 21.4 Å². The van der Waals surface area contributed by atoms with E-state index in [0.717, 1.165) is 17.2 Å². The summed E-state index contributed by atoms with van der Waals surface area (Å²) in [6, 6.07) is 8.46. The fourth-order valence-electron chi connectivity index (χ4n) is 1.64. The van der Waals surface area contributed by atoms with Crippen molar-refractivity contribution >= 4 is 26.6 Å². The second-order valence-corrected chi connectivity index (χ2v) is 6.43. The number of rotatable bonds is 5. The Hall–Kier alpha value is -1.44. The minimum Gasteiger partial charge on any atom is -0.380 e. The standard InChI is InChI=1S/C12H14N2O3S2/c1-9-7-12(18-13-9)14-19(15,16)11-6-4-3-5-10(11)8-17-2/h3-7,14H,8H2,1-2H3. The highest BCUT2D eigenvalue weighted by atomic mass is 32.2. The number of aryl methyl sites for hydroxylation is 1. The molecular formula is C12H14N2O3S2. The zero-order valence-corrected chi connectivity index (χ0v) is 12.2. The molecule has 19 heavy (non-hydrogen) atoms. The summed E-state index contributed by atoms with van der Waals surface area (Å²) in [6.07, 6.45) is 0. The van der Waals surface area contributed by atoms with Crippen LogP contribution < -0.4 is 4.72 Å². The van der Waals surface area contributed by atoms with Gasteiger partial charge in [-0.25, -0.2) is 8.42 Å². The molecule has 0 aliphatic carbocycles. The number of methoxy groups -OCH3 is 1. The molecule has 0 spiro atoms. The van der Waals surface area contributed by atoms with Crippen LogP contribution in [0.25, 0.3) is 0 Å². The Bertz CT molecular complexity index is 665. The van der Waals surface area contributed by atoms with E-state index in [-0.39, 0.29) is 11.5 Å². The Balaban J connectivity index is 2.34. The van der Waals surface area contributed by atoms with Crippen molar-refractivity contribution < 1.29 is 13.2 Å². The van der Waals surface area contributed by atoms with Crippen LogP contribution in [0.3, 0.4) is 0 Å². The maximum Gasteiger partial charge on any atom is 0.262 e. The Morgan fingerprint density at radius 2 is 2.11 bits per heavy atom. The van der Waals surface area contributed by atoms with Crippen LogP contribution in [0, 0.1) is 6.92 Å². The molecule has 0 saturated carbocycles. The molecule has 0 aliphatic rings. The van der Waals surface area contributed by atoms with Crippen molar-refractivity contribution in [2.75, 3.05) is 11.8 Å². The van der Waals surface area contributed by atoms with E-state index in [2.05, 4.69) is 9.10 Å². The minimum absolute atomic E-state index is 0.225. The van der Waals surface area contributed by atoms with Gasteiger partial charge in [-0.05, 0) is 36.2 Å². The van der Waals surface area contributed by atoms with Gasteiger partial charge in [0, 0.05) is 7.11 Å². The van der Waals surface area contributed by atoms with E-state index in [9.17, 15) is 8.42 Å². The molecule has 0 bridgehead atoms. The van der Waals surface area contributed by atoms with E-state index in [0.29, 0.717) is 10.6 Å². The van der Waals surface area contributed by atoms with Crippen LogP contribution >= 0.6 is 11.5 Å². The SMILES string of the molecule is COCc1ccccc1S(=O)(=O)Nc1cc(C)ns1. The van der Waals surface area contributed by atoms with Crippen molar-refractivity contribution in [2.24, 2.45) is 0 Å². The lowest BCUT2D eigenvalue weighted by Crippen LogP contribution is -2.14. The molecule has 1 aromatic carbocycles. The summed E-state index contributed by atoms with van der Waals surface area (Å²) in [6.45, 7) is 2.06. The highest BCUT2D eigenvalue weighted by Gasteiger charge is 2.19. The Morgan fingerprint density at radius 3 is 2.74 bits per heavy atom. The highest BCUT2D eigenvalue weighted by molar-refractivity contribution is 7.93. The maximum absolute atomic E-state index is 12.3. The van der Waals surface area contributed by atoms with Crippen molar-refractivity contribution in [1.82, 2.24) is 4.37 Å².